The van der Waals surface area contributed by atoms with Crippen molar-refractivity contribution in [1.29, 1.82) is 0 Å². The van der Waals surface area contributed by atoms with Crippen LogP contribution in [-0.4, -0.2) is 34.7 Å². The standard InChI is InChI=1S/C29H31N7O/c1-4-9-24-19-36(27-21(5-2)10-7-11-22(27)6-3)29(37)35(24)18-20-13-15-23(16-14-20)26-25(12-8-17-30-26)28-31-33-34-32-28/h7-8,10-17,19H,4-6,9,18H2,1-3H3,(H,31,32,33,34). The summed E-state index contributed by atoms with van der Waals surface area (Å²) in [5.74, 6) is 0.503. The molecule has 2 aromatic carbocycles. The molecule has 8 heteroatoms. The van der Waals surface area contributed by atoms with Gasteiger partial charge in [-0.2, -0.15) is 5.21 Å². The van der Waals surface area contributed by atoms with Crippen LogP contribution in [0.5, 0.6) is 0 Å². The molecule has 0 radical (unpaired) electrons. The average Bonchev–Trinajstić information content (AvgIpc) is 3.58. The third-order valence-corrected chi connectivity index (χ3v) is 6.74. The number of pyridine rings is 1. The second-order valence-corrected chi connectivity index (χ2v) is 9.07. The Bertz CT molecular complexity index is 1520. The third-order valence-electron chi connectivity index (χ3n) is 6.74. The minimum Gasteiger partial charge on any atom is -0.292 e. The molecule has 1 N–H and O–H groups in total. The summed E-state index contributed by atoms with van der Waals surface area (Å²) in [5.41, 5.74) is 8.08. The Hall–Kier alpha value is -4.33. The first-order valence-corrected chi connectivity index (χ1v) is 12.8. The van der Waals surface area contributed by atoms with Gasteiger partial charge in [0.1, 0.15) is 0 Å². The Kier molecular flexibility index (Phi) is 7.07. The highest BCUT2D eigenvalue weighted by molar-refractivity contribution is 5.76. The monoisotopic (exact) mass is 493 g/mol. The van der Waals surface area contributed by atoms with Gasteiger partial charge in [0, 0.05) is 29.2 Å². The van der Waals surface area contributed by atoms with Crippen LogP contribution >= 0.6 is 0 Å². The second-order valence-electron chi connectivity index (χ2n) is 9.07. The number of hydrogen-bond acceptors (Lipinski definition) is 5. The molecule has 8 nitrogen and oxygen atoms in total. The number of nitrogens with zero attached hydrogens (tertiary/aromatic N) is 6. The van der Waals surface area contributed by atoms with Gasteiger partial charge in [0.2, 0.25) is 5.82 Å². The number of H-pyrrole nitrogens is 1. The van der Waals surface area contributed by atoms with Gasteiger partial charge in [-0.3, -0.25) is 14.1 Å². The fraction of sp³-hybridized carbons (Fsp3) is 0.276. The van der Waals surface area contributed by atoms with Gasteiger partial charge in [-0.1, -0.05) is 69.7 Å². The Balaban J connectivity index is 1.51. The molecule has 0 aliphatic carbocycles. The van der Waals surface area contributed by atoms with E-state index >= 15 is 0 Å². The molecule has 0 aliphatic rings. The Morgan fingerprint density at radius 1 is 0.919 bits per heavy atom. The van der Waals surface area contributed by atoms with Crippen LogP contribution in [0.2, 0.25) is 0 Å². The van der Waals surface area contributed by atoms with Gasteiger partial charge in [-0.15, -0.1) is 10.2 Å². The fourth-order valence-electron chi connectivity index (χ4n) is 4.88. The number of tetrazole rings is 1. The van der Waals surface area contributed by atoms with E-state index in [9.17, 15) is 4.79 Å². The lowest BCUT2D eigenvalue weighted by molar-refractivity contribution is 0.690. The zero-order valence-electron chi connectivity index (χ0n) is 21.5. The van der Waals surface area contributed by atoms with Crippen molar-refractivity contribution >= 4 is 0 Å². The number of imidazole rings is 1. The molecule has 0 saturated heterocycles. The van der Waals surface area contributed by atoms with Gasteiger partial charge in [0.15, 0.2) is 0 Å². The summed E-state index contributed by atoms with van der Waals surface area (Å²) in [6.07, 6.45) is 7.37. The van der Waals surface area contributed by atoms with Crippen LogP contribution in [0.4, 0.5) is 0 Å². The number of hydrogen-bond donors (Lipinski definition) is 1. The van der Waals surface area contributed by atoms with Gasteiger partial charge in [0.05, 0.1) is 17.9 Å². The SMILES string of the molecule is CCCc1cn(-c2c(CC)cccc2CC)c(=O)n1Cc1ccc(-c2ncccc2-c2nn[nH]n2)cc1. The topological polar surface area (TPSA) is 94.3 Å². The first-order valence-electron chi connectivity index (χ1n) is 12.8. The number of rotatable bonds is 9. The first-order chi connectivity index (χ1) is 18.1. The van der Waals surface area contributed by atoms with Crippen molar-refractivity contribution in [2.75, 3.05) is 0 Å². The van der Waals surface area contributed by atoms with E-state index < -0.39 is 0 Å². The van der Waals surface area contributed by atoms with E-state index in [4.69, 9.17) is 0 Å². The Morgan fingerprint density at radius 2 is 1.68 bits per heavy atom. The van der Waals surface area contributed by atoms with E-state index in [-0.39, 0.29) is 5.69 Å². The molecule has 0 fully saturated rings. The minimum absolute atomic E-state index is 0.00671. The summed E-state index contributed by atoms with van der Waals surface area (Å²) in [5, 5.41) is 14.4. The maximum Gasteiger partial charge on any atom is 0.333 e. The van der Waals surface area contributed by atoms with Crippen molar-refractivity contribution in [3.8, 4) is 28.3 Å². The number of aromatic nitrogens is 7. The summed E-state index contributed by atoms with van der Waals surface area (Å²) in [4.78, 5) is 18.3. The van der Waals surface area contributed by atoms with Gasteiger partial charge in [-0.05, 0) is 53.3 Å². The van der Waals surface area contributed by atoms with Crippen molar-refractivity contribution < 1.29 is 0 Å². The molecule has 0 atom stereocenters. The van der Waals surface area contributed by atoms with Crippen molar-refractivity contribution in [1.82, 2.24) is 34.7 Å². The van der Waals surface area contributed by atoms with E-state index in [1.807, 2.05) is 39.6 Å². The van der Waals surface area contributed by atoms with Crippen LogP contribution in [0, 0.1) is 0 Å². The molecular weight excluding hydrogens is 462 g/mol. The molecule has 3 heterocycles. The molecule has 37 heavy (non-hydrogen) atoms. The van der Waals surface area contributed by atoms with Crippen LogP contribution in [0.15, 0.2) is 71.8 Å². The number of para-hydroxylation sites is 1. The highest BCUT2D eigenvalue weighted by Crippen LogP contribution is 2.28. The van der Waals surface area contributed by atoms with Crippen LogP contribution < -0.4 is 5.69 Å². The van der Waals surface area contributed by atoms with E-state index in [0.29, 0.717) is 12.4 Å². The lowest BCUT2D eigenvalue weighted by Gasteiger charge is -2.13. The normalized spacial score (nSPS) is 11.2. The lowest BCUT2D eigenvalue weighted by Crippen LogP contribution is -2.26. The van der Waals surface area contributed by atoms with E-state index in [1.54, 1.807) is 6.20 Å². The van der Waals surface area contributed by atoms with Gasteiger partial charge < -0.3 is 0 Å². The maximum atomic E-state index is 13.8. The summed E-state index contributed by atoms with van der Waals surface area (Å²) >= 11 is 0. The molecule has 5 rings (SSSR count). The quantitative estimate of drug-likeness (QED) is 0.312. The van der Waals surface area contributed by atoms with E-state index in [1.165, 1.54) is 11.1 Å². The number of aryl methyl sites for hydroxylation is 3. The smallest absolute Gasteiger partial charge is 0.292 e. The predicted octanol–water partition coefficient (Wildman–Crippen LogP) is 5.01. The highest BCUT2D eigenvalue weighted by atomic mass is 16.1. The first kappa shape index (κ1) is 24.4. The van der Waals surface area contributed by atoms with Gasteiger partial charge in [-0.25, -0.2) is 4.79 Å². The van der Waals surface area contributed by atoms with Crippen molar-refractivity contribution in [2.45, 2.75) is 53.0 Å². The third kappa shape index (κ3) is 4.74. The number of aromatic amines is 1. The van der Waals surface area contributed by atoms with Crippen LogP contribution in [0.1, 0.15) is 49.6 Å². The van der Waals surface area contributed by atoms with Crippen LogP contribution in [0.3, 0.4) is 0 Å². The lowest BCUT2D eigenvalue weighted by atomic mass is 10.0. The maximum absolute atomic E-state index is 13.8. The highest BCUT2D eigenvalue weighted by Gasteiger charge is 2.17. The van der Waals surface area contributed by atoms with E-state index in [0.717, 1.165) is 59.4 Å². The molecule has 0 bridgehead atoms. The van der Waals surface area contributed by atoms with Crippen LogP contribution in [-0.2, 0) is 25.8 Å². The largest absolute Gasteiger partial charge is 0.333 e. The van der Waals surface area contributed by atoms with Gasteiger partial charge in [0.25, 0.3) is 0 Å². The number of benzene rings is 2. The average molecular weight is 494 g/mol. The zero-order valence-corrected chi connectivity index (χ0v) is 21.5. The molecule has 0 unspecified atom stereocenters. The molecule has 5 aromatic rings. The summed E-state index contributed by atoms with van der Waals surface area (Å²) in [6.45, 7) is 6.94. The molecule has 0 amide bonds. The van der Waals surface area contributed by atoms with Crippen molar-refractivity contribution in [3.63, 3.8) is 0 Å². The molecule has 188 valence electrons. The number of nitrogens with one attached hydrogen (secondary N) is 1. The minimum atomic E-state index is 0.00671. The molecule has 0 spiro atoms. The van der Waals surface area contributed by atoms with Crippen molar-refractivity contribution in [2.24, 2.45) is 0 Å². The van der Waals surface area contributed by atoms with Crippen LogP contribution in [0.25, 0.3) is 28.3 Å². The summed E-state index contributed by atoms with van der Waals surface area (Å²) in [7, 11) is 0. The Labute approximate surface area is 216 Å². The fourth-order valence-corrected chi connectivity index (χ4v) is 4.88. The molecular formula is C29H31N7O. The molecule has 0 aliphatic heterocycles. The zero-order chi connectivity index (χ0) is 25.8. The summed E-state index contributed by atoms with van der Waals surface area (Å²) in [6, 6.07) is 18.3. The second kappa shape index (κ2) is 10.7. The van der Waals surface area contributed by atoms with E-state index in [2.05, 4.69) is 76.7 Å². The molecule has 0 saturated carbocycles. The molecule has 3 aromatic heterocycles. The Morgan fingerprint density at radius 3 is 2.32 bits per heavy atom. The van der Waals surface area contributed by atoms with Crippen molar-refractivity contribution in [3.05, 3.63) is 99.9 Å². The summed E-state index contributed by atoms with van der Waals surface area (Å²) < 4.78 is 3.78. The predicted molar refractivity (Wildman–Crippen MR) is 145 cm³/mol. The van der Waals surface area contributed by atoms with Gasteiger partial charge >= 0.3 is 5.69 Å².